The lowest BCUT2D eigenvalue weighted by atomic mass is 10.2. The van der Waals surface area contributed by atoms with Crippen LogP contribution >= 0.6 is 11.8 Å². The fraction of sp³-hybridized carbons (Fsp3) is 0.538. The zero-order chi connectivity index (χ0) is 12.2. The van der Waals surface area contributed by atoms with Gasteiger partial charge in [-0.25, -0.2) is 0 Å². The van der Waals surface area contributed by atoms with Crippen LogP contribution in [0.15, 0.2) is 18.2 Å². The van der Waals surface area contributed by atoms with Gasteiger partial charge in [0, 0.05) is 16.1 Å². The van der Waals surface area contributed by atoms with Gasteiger partial charge in [0.1, 0.15) is 11.5 Å². The van der Waals surface area contributed by atoms with Crippen molar-refractivity contribution in [1.29, 1.82) is 0 Å². The molecule has 0 atom stereocenters. The summed E-state index contributed by atoms with van der Waals surface area (Å²) in [4.78, 5) is 0. The van der Waals surface area contributed by atoms with Crippen LogP contribution in [0.4, 0.5) is 0 Å². The molecule has 1 rings (SSSR count). The van der Waals surface area contributed by atoms with Crippen molar-refractivity contribution in [1.82, 2.24) is 0 Å². The fourth-order valence-corrected chi connectivity index (χ4v) is 2.05. The molecule has 0 bridgehead atoms. The number of thioether (sulfide) groups is 1. The van der Waals surface area contributed by atoms with Crippen molar-refractivity contribution < 1.29 is 9.84 Å². The molecule has 3 heteroatoms. The molecule has 1 N–H and O–H groups in total. The molecule has 0 fully saturated rings. The van der Waals surface area contributed by atoms with E-state index in [0.717, 1.165) is 17.1 Å². The maximum absolute atomic E-state index is 9.73. The third kappa shape index (κ3) is 4.35. The average Bonchev–Trinajstić information content (AvgIpc) is 2.18. The van der Waals surface area contributed by atoms with Crippen molar-refractivity contribution >= 4 is 11.8 Å². The van der Waals surface area contributed by atoms with Crippen LogP contribution in [-0.2, 0) is 5.75 Å². The van der Waals surface area contributed by atoms with Gasteiger partial charge in [0.25, 0.3) is 0 Å². The molecule has 2 nitrogen and oxygen atoms in total. The molecule has 16 heavy (non-hydrogen) atoms. The molecule has 0 radical (unpaired) electrons. The topological polar surface area (TPSA) is 29.5 Å². The Morgan fingerprint density at radius 2 is 2.00 bits per heavy atom. The molecule has 0 spiro atoms. The van der Waals surface area contributed by atoms with Gasteiger partial charge in [-0.2, -0.15) is 11.8 Å². The fourth-order valence-electron chi connectivity index (χ4n) is 1.23. The molecular weight excluding hydrogens is 220 g/mol. The molecule has 0 saturated heterocycles. The first kappa shape index (κ1) is 13.2. The van der Waals surface area contributed by atoms with E-state index in [-0.39, 0.29) is 4.75 Å². The van der Waals surface area contributed by atoms with Gasteiger partial charge < -0.3 is 9.84 Å². The van der Waals surface area contributed by atoms with Crippen LogP contribution in [0, 0.1) is 0 Å². The van der Waals surface area contributed by atoms with Gasteiger partial charge in [-0.05, 0) is 25.1 Å². The molecule has 0 aliphatic heterocycles. The second kappa shape index (κ2) is 5.48. The molecule has 90 valence electrons. The summed E-state index contributed by atoms with van der Waals surface area (Å²) >= 11 is 1.81. The number of rotatable bonds is 4. The largest absolute Gasteiger partial charge is 0.508 e. The molecule has 0 aliphatic rings. The zero-order valence-corrected chi connectivity index (χ0v) is 11.2. The van der Waals surface area contributed by atoms with E-state index in [0.29, 0.717) is 12.4 Å². The Morgan fingerprint density at radius 3 is 2.56 bits per heavy atom. The monoisotopic (exact) mass is 240 g/mol. The summed E-state index contributed by atoms with van der Waals surface area (Å²) in [7, 11) is 0. The molecule has 0 saturated carbocycles. The Bertz CT molecular complexity index is 342. The van der Waals surface area contributed by atoms with Gasteiger partial charge in [0.15, 0.2) is 0 Å². The van der Waals surface area contributed by atoms with Crippen LogP contribution in [0.25, 0.3) is 0 Å². The summed E-state index contributed by atoms with van der Waals surface area (Å²) in [5.41, 5.74) is 0.936. The maximum atomic E-state index is 9.73. The third-order valence-electron chi connectivity index (χ3n) is 2.02. The lowest BCUT2D eigenvalue weighted by Crippen LogP contribution is -2.07. The quantitative estimate of drug-likeness (QED) is 0.867. The predicted molar refractivity (Wildman–Crippen MR) is 70.3 cm³/mol. The Kier molecular flexibility index (Phi) is 4.54. The Morgan fingerprint density at radius 1 is 1.31 bits per heavy atom. The summed E-state index contributed by atoms with van der Waals surface area (Å²) in [5, 5.41) is 9.73. The minimum Gasteiger partial charge on any atom is -0.508 e. The Labute approximate surface area is 102 Å². The molecule has 0 aliphatic carbocycles. The molecule has 1 aromatic carbocycles. The number of ether oxygens (including phenoxy) is 1. The predicted octanol–water partition coefficient (Wildman–Crippen LogP) is 3.82. The van der Waals surface area contributed by atoms with Crippen LogP contribution < -0.4 is 4.74 Å². The van der Waals surface area contributed by atoms with Gasteiger partial charge in [-0.3, -0.25) is 0 Å². The molecular formula is C13H20O2S. The Hall–Kier alpha value is -0.830. The highest BCUT2D eigenvalue weighted by Gasteiger charge is 2.12. The number of hydrogen-bond acceptors (Lipinski definition) is 3. The lowest BCUT2D eigenvalue weighted by molar-refractivity contribution is 0.339. The van der Waals surface area contributed by atoms with E-state index in [9.17, 15) is 5.11 Å². The summed E-state index contributed by atoms with van der Waals surface area (Å²) < 4.78 is 5.62. The van der Waals surface area contributed by atoms with E-state index in [1.54, 1.807) is 12.1 Å². The second-order valence-electron chi connectivity index (χ2n) is 4.62. The standard InChI is InChI=1S/C13H20O2S/c1-5-15-11-6-7-12(14)10(8-11)9-16-13(2,3)4/h6-8,14H,5,9H2,1-4H3. The van der Waals surface area contributed by atoms with Gasteiger partial charge in [0.2, 0.25) is 0 Å². The lowest BCUT2D eigenvalue weighted by Gasteiger charge is -2.18. The highest BCUT2D eigenvalue weighted by Crippen LogP contribution is 2.32. The highest BCUT2D eigenvalue weighted by molar-refractivity contribution is 7.99. The van der Waals surface area contributed by atoms with E-state index in [4.69, 9.17) is 4.74 Å². The number of hydrogen-bond donors (Lipinski definition) is 1. The minimum atomic E-state index is 0.202. The van der Waals surface area contributed by atoms with Crippen LogP contribution in [0.2, 0.25) is 0 Å². The van der Waals surface area contributed by atoms with Crippen molar-refractivity contribution in [2.75, 3.05) is 6.61 Å². The first-order valence-corrected chi connectivity index (χ1v) is 6.49. The van der Waals surface area contributed by atoms with Crippen molar-refractivity contribution in [2.24, 2.45) is 0 Å². The molecule has 0 aromatic heterocycles. The summed E-state index contributed by atoms with van der Waals surface area (Å²) in [5.74, 6) is 1.97. The average molecular weight is 240 g/mol. The smallest absolute Gasteiger partial charge is 0.119 e. The molecule has 1 aromatic rings. The van der Waals surface area contributed by atoms with E-state index in [1.807, 2.05) is 24.8 Å². The van der Waals surface area contributed by atoms with Gasteiger partial charge >= 0.3 is 0 Å². The van der Waals surface area contributed by atoms with Crippen molar-refractivity contribution in [3.05, 3.63) is 23.8 Å². The second-order valence-corrected chi connectivity index (χ2v) is 6.43. The molecule has 0 heterocycles. The van der Waals surface area contributed by atoms with Crippen LogP contribution in [0.3, 0.4) is 0 Å². The number of benzene rings is 1. The first-order chi connectivity index (χ1) is 7.42. The normalized spacial score (nSPS) is 11.5. The van der Waals surface area contributed by atoms with Gasteiger partial charge in [-0.1, -0.05) is 20.8 Å². The number of aromatic hydroxyl groups is 1. The van der Waals surface area contributed by atoms with Crippen molar-refractivity contribution in [3.8, 4) is 11.5 Å². The first-order valence-electron chi connectivity index (χ1n) is 5.51. The third-order valence-corrected chi connectivity index (χ3v) is 3.34. The number of phenolic OH excluding ortho intramolecular Hbond substituents is 1. The minimum absolute atomic E-state index is 0.202. The SMILES string of the molecule is CCOc1ccc(O)c(CSC(C)(C)C)c1. The van der Waals surface area contributed by atoms with E-state index < -0.39 is 0 Å². The summed E-state index contributed by atoms with van der Waals surface area (Å²) in [6.07, 6.45) is 0. The number of phenols is 1. The molecule has 0 unspecified atom stereocenters. The van der Waals surface area contributed by atoms with E-state index in [2.05, 4.69) is 20.8 Å². The summed E-state index contributed by atoms with van der Waals surface area (Å²) in [6, 6.07) is 5.41. The zero-order valence-electron chi connectivity index (χ0n) is 10.4. The van der Waals surface area contributed by atoms with E-state index >= 15 is 0 Å². The molecule has 0 amide bonds. The van der Waals surface area contributed by atoms with Gasteiger partial charge in [0.05, 0.1) is 6.61 Å². The Balaban J connectivity index is 2.74. The highest BCUT2D eigenvalue weighted by atomic mass is 32.2. The van der Waals surface area contributed by atoms with Crippen molar-refractivity contribution in [3.63, 3.8) is 0 Å². The summed E-state index contributed by atoms with van der Waals surface area (Å²) in [6.45, 7) is 9.11. The van der Waals surface area contributed by atoms with Crippen LogP contribution in [-0.4, -0.2) is 16.5 Å². The van der Waals surface area contributed by atoms with Gasteiger partial charge in [-0.15, -0.1) is 0 Å². The van der Waals surface area contributed by atoms with Crippen LogP contribution in [0.5, 0.6) is 11.5 Å². The van der Waals surface area contributed by atoms with Crippen LogP contribution in [0.1, 0.15) is 33.3 Å². The van der Waals surface area contributed by atoms with Crippen molar-refractivity contribution in [2.45, 2.75) is 38.2 Å². The van der Waals surface area contributed by atoms with E-state index in [1.165, 1.54) is 0 Å². The maximum Gasteiger partial charge on any atom is 0.119 e.